The number of alkyl halides is 3. The van der Waals surface area contributed by atoms with Crippen LogP contribution < -0.4 is 9.47 Å². The van der Waals surface area contributed by atoms with E-state index in [4.69, 9.17) is 9.84 Å². The molecule has 1 N–H and O–H groups in total. The molecule has 0 bridgehead atoms. The van der Waals surface area contributed by atoms with Gasteiger partial charge in [-0.15, -0.1) is 13.2 Å². The summed E-state index contributed by atoms with van der Waals surface area (Å²) in [6.45, 7) is 1.59. The van der Waals surface area contributed by atoms with Gasteiger partial charge in [-0.05, 0) is 25.1 Å². The lowest BCUT2D eigenvalue weighted by Crippen LogP contribution is -2.17. The number of nitrogens with zero attached hydrogens (tertiary/aromatic N) is 1. The van der Waals surface area contributed by atoms with Crippen LogP contribution in [0.25, 0.3) is 22.2 Å². The minimum atomic E-state index is -4.87. The highest BCUT2D eigenvalue weighted by Crippen LogP contribution is 2.37. The number of hydrogen-bond donors (Lipinski definition) is 1. The number of carboxylic acid groups (broad SMARTS) is 1. The molecular formula is C18H12F3NO4. The SMILES string of the molecule is Cc1c(-c2ccccc2)nc2ccc(OC(F)(F)F)cc2c1OC(=O)O. The van der Waals surface area contributed by atoms with E-state index < -0.39 is 18.3 Å². The molecule has 0 atom stereocenters. The van der Waals surface area contributed by atoms with Crippen molar-refractivity contribution in [2.75, 3.05) is 0 Å². The van der Waals surface area contributed by atoms with E-state index in [1.165, 1.54) is 6.07 Å². The average Bonchev–Trinajstić information content (AvgIpc) is 2.56. The first kappa shape index (κ1) is 17.5. The fraction of sp³-hybridized carbons (Fsp3) is 0.111. The number of hydrogen-bond acceptors (Lipinski definition) is 4. The molecule has 0 spiro atoms. The van der Waals surface area contributed by atoms with Gasteiger partial charge in [0, 0.05) is 16.5 Å². The summed E-state index contributed by atoms with van der Waals surface area (Å²) in [5, 5.41) is 9.12. The Balaban J connectivity index is 2.23. The van der Waals surface area contributed by atoms with Crippen molar-refractivity contribution in [2.24, 2.45) is 0 Å². The van der Waals surface area contributed by atoms with Gasteiger partial charge in [0.1, 0.15) is 11.5 Å². The maximum atomic E-state index is 12.5. The van der Waals surface area contributed by atoms with Crippen LogP contribution in [0.4, 0.5) is 18.0 Å². The number of aromatic nitrogens is 1. The molecule has 5 nitrogen and oxygen atoms in total. The largest absolute Gasteiger partial charge is 0.573 e. The molecule has 0 radical (unpaired) electrons. The van der Waals surface area contributed by atoms with Gasteiger partial charge in [-0.25, -0.2) is 9.78 Å². The Hall–Kier alpha value is -3.29. The van der Waals surface area contributed by atoms with Crippen LogP contribution in [0.1, 0.15) is 5.56 Å². The number of fused-ring (bicyclic) bond motifs is 1. The van der Waals surface area contributed by atoms with E-state index in [9.17, 15) is 18.0 Å². The molecule has 0 fully saturated rings. The lowest BCUT2D eigenvalue weighted by Gasteiger charge is -2.15. The zero-order valence-corrected chi connectivity index (χ0v) is 13.4. The monoisotopic (exact) mass is 363 g/mol. The van der Waals surface area contributed by atoms with Crippen molar-refractivity contribution in [3.8, 4) is 22.8 Å². The first-order valence-electron chi connectivity index (χ1n) is 7.41. The molecule has 0 unspecified atom stereocenters. The van der Waals surface area contributed by atoms with E-state index in [1.807, 2.05) is 6.07 Å². The molecular weight excluding hydrogens is 351 g/mol. The Morgan fingerprint density at radius 2 is 1.81 bits per heavy atom. The van der Waals surface area contributed by atoms with Gasteiger partial charge in [0.05, 0.1) is 11.2 Å². The molecule has 134 valence electrons. The normalized spacial score (nSPS) is 11.4. The van der Waals surface area contributed by atoms with Gasteiger partial charge in [0.2, 0.25) is 0 Å². The van der Waals surface area contributed by atoms with Crippen molar-refractivity contribution in [1.29, 1.82) is 0 Å². The molecule has 8 heteroatoms. The topological polar surface area (TPSA) is 68.7 Å². The van der Waals surface area contributed by atoms with Crippen LogP contribution in [-0.4, -0.2) is 22.6 Å². The molecule has 0 saturated heterocycles. The summed E-state index contributed by atoms with van der Waals surface area (Å²) < 4.78 is 46.1. The van der Waals surface area contributed by atoms with Crippen molar-refractivity contribution in [3.05, 3.63) is 54.1 Å². The summed E-state index contributed by atoms with van der Waals surface area (Å²) >= 11 is 0. The minimum Gasteiger partial charge on any atom is -0.449 e. The van der Waals surface area contributed by atoms with Gasteiger partial charge in [-0.3, -0.25) is 0 Å². The third-order valence-electron chi connectivity index (χ3n) is 3.61. The van der Waals surface area contributed by atoms with Crippen molar-refractivity contribution in [2.45, 2.75) is 13.3 Å². The summed E-state index contributed by atoms with van der Waals surface area (Å²) in [4.78, 5) is 15.5. The van der Waals surface area contributed by atoms with Crippen LogP contribution >= 0.6 is 0 Å². The third-order valence-corrected chi connectivity index (χ3v) is 3.61. The molecule has 0 amide bonds. The van der Waals surface area contributed by atoms with Gasteiger partial charge in [-0.2, -0.15) is 0 Å². The zero-order valence-electron chi connectivity index (χ0n) is 13.4. The molecule has 3 rings (SSSR count). The summed E-state index contributed by atoms with van der Waals surface area (Å²) in [6, 6.07) is 12.4. The maximum absolute atomic E-state index is 12.5. The fourth-order valence-electron chi connectivity index (χ4n) is 2.60. The first-order valence-corrected chi connectivity index (χ1v) is 7.41. The molecule has 26 heavy (non-hydrogen) atoms. The molecule has 1 heterocycles. The van der Waals surface area contributed by atoms with Crippen LogP contribution in [0.5, 0.6) is 11.5 Å². The lowest BCUT2D eigenvalue weighted by atomic mass is 10.0. The van der Waals surface area contributed by atoms with Crippen molar-refractivity contribution >= 4 is 17.1 Å². The van der Waals surface area contributed by atoms with Crippen LogP contribution in [0.15, 0.2) is 48.5 Å². The Morgan fingerprint density at radius 1 is 1.12 bits per heavy atom. The lowest BCUT2D eigenvalue weighted by molar-refractivity contribution is -0.274. The number of pyridine rings is 1. The molecule has 0 saturated carbocycles. The summed E-state index contributed by atoms with van der Waals surface area (Å²) in [5.41, 5.74) is 1.85. The van der Waals surface area contributed by atoms with E-state index in [0.29, 0.717) is 11.3 Å². The molecule has 2 aromatic carbocycles. The number of benzene rings is 2. The van der Waals surface area contributed by atoms with Crippen molar-refractivity contribution in [3.63, 3.8) is 0 Å². The third kappa shape index (κ3) is 3.69. The van der Waals surface area contributed by atoms with Crippen LogP contribution in [0.2, 0.25) is 0 Å². The van der Waals surface area contributed by atoms with E-state index in [2.05, 4.69) is 9.72 Å². The molecule has 1 aromatic heterocycles. The second-order valence-corrected chi connectivity index (χ2v) is 5.38. The molecule has 3 aromatic rings. The Kier molecular flexibility index (Phi) is 4.41. The quantitative estimate of drug-likeness (QED) is 0.651. The van der Waals surface area contributed by atoms with Gasteiger partial charge in [-0.1, -0.05) is 30.3 Å². The second-order valence-electron chi connectivity index (χ2n) is 5.38. The standard InChI is InChI=1S/C18H12F3NO4/c1-10-15(11-5-3-2-4-6-11)22-14-8-7-12(26-18(19,20)21)9-13(14)16(10)25-17(23)24/h2-9H,1H3,(H,23,24). The van der Waals surface area contributed by atoms with Gasteiger partial charge >= 0.3 is 12.5 Å². The minimum absolute atomic E-state index is 0.0889. The van der Waals surface area contributed by atoms with Crippen molar-refractivity contribution < 1.29 is 32.5 Å². The number of ether oxygens (including phenoxy) is 2. The van der Waals surface area contributed by atoms with Crippen molar-refractivity contribution in [1.82, 2.24) is 4.98 Å². The fourth-order valence-corrected chi connectivity index (χ4v) is 2.60. The van der Waals surface area contributed by atoms with E-state index in [-0.39, 0.29) is 16.7 Å². The average molecular weight is 363 g/mol. The molecule has 0 aliphatic rings. The summed E-state index contributed by atoms with van der Waals surface area (Å²) in [5.74, 6) is -0.581. The number of rotatable bonds is 3. The Labute approximate surface area is 145 Å². The first-order chi connectivity index (χ1) is 12.2. The highest BCUT2D eigenvalue weighted by molar-refractivity contribution is 5.92. The highest BCUT2D eigenvalue weighted by atomic mass is 19.4. The molecule has 0 aliphatic heterocycles. The van der Waals surface area contributed by atoms with Crippen LogP contribution in [0.3, 0.4) is 0 Å². The van der Waals surface area contributed by atoms with Crippen LogP contribution in [-0.2, 0) is 0 Å². The summed E-state index contributed by atoms with van der Waals surface area (Å²) in [7, 11) is 0. The second kappa shape index (κ2) is 6.55. The predicted octanol–water partition coefficient (Wildman–Crippen LogP) is 5.17. The maximum Gasteiger partial charge on any atom is 0.573 e. The van der Waals surface area contributed by atoms with E-state index in [0.717, 1.165) is 17.7 Å². The van der Waals surface area contributed by atoms with Gasteiger partial charge < -0.3 is 14.6 Å². The van der Waals surface area contributed by atoms with Gasteiger partial charge in [0.15, 0.2) is 0 Å². The predicted molar refractivity (Wildman–Crippen MR) is 87.3 cm³/mol. The molecule has 0 aliphatic carbocycles. The highest BCUT2D eigenvalue weighted by Gasteiger charge is 2.31. The smallest absolute Gasteiger partial charge is 0.449 e. The van der Waals surface area contributed by atoms with Crippen LogP contribution in [0, 0.1) is 6.92 Å². The number of halogens is 3. The van der Waals surface area contributed by atoms with Gasteiger partial charge in [0.25, 0.3) is 0 Å². The summed E-state index contributed by atoms with van der Waals surface area (Å²) in [6.07, 6.45) is -6.45. The van der Waals surface area contributed by atoms with E-state index >= 15 is 0 Å². The van der Waals surface area contributed by atoms with E-state index in [1.54, 1.807) is 31.2 Å². The zero-order chi connectivity index (χ0) is 18.9. The Bertz CT molecular complexity index is 972. The number of carbonyl (C=O) groups is 1. The Morgan fingerprint density at radius 3 is 2.42 bits per heavy atom.